The summed E-state index contributed by atoms with van der Waals surface area (Å²) in [5, 5.41) is 1.93. The lowest BCUT2D eigenvalue weighted by atomic mass is 10.1. The van der Waals surface area contributed by atoms with Crippen molar-refractivity contribution < 1.29 is 0 Å². The molecule has 0 spiro atoms. The van der Waals surface area contributed by atoms with E-state index in [9.17, 15) is 0 Å². The van der Waals surface area contributed by atoms with E-state index >= 15 is 0 Å². The predicted octanol–water partition coefficient (Wildman–Crippen LogP) is 0.822. The minimum Gasteiger partial charge on any atom is -0.298 e. The van der Waals surface area contributed by atoms with Crippen LogP contribution in [0.1, 0.15) is 20.3 Å². The molecule has 3 nitrogen and oxygen atoms in total. The van der Waals surface area contributed by atoms with Crippen molar-refractivity contribution in [3.63, 3.8) is 0 Å². The van der Waals surface area contributed by atoms with E-state index in [1.807, 2.05) is 5.01 Å². The van der Waals surface area contributed by atoms with Gasteiger partial charge in [0.25, 0.3) is 0 Å². The highest BCUT2D eigenvalue weighted by molar-refractivity contribution is 7.79. The van der Waals surface area contributed by atoms with Crippen LogP contribution in [0.4, 0.5) is 0 Å². The minimum atomic E-state index is 0.679. The van der Waals surface area contributed by atoms with Crippen LogP contribution in [0.15, 0.2) is 0 Å². The van der Waals surface area contributed by atoms with E-state index in [0.717, 1.165) is 26.2 Å². The first-order valence-electron chi connectivity index (χ1n) is 4.96. The molecule has 80 valence electrons. The summed E-state index contributed by atoms with van der Waals surface area (Å²) in [6, 6.07) is 0.679. The molecule has 0 saturated carbocycles. The second kappa shape index (κ2) is 7.62. The van der Waals surface area contributed by atoms with Crippen molar-refractivity contribution in [1.82, 2.24) is 9.91 Å². The Labute approximate surface area is 87.6 Å². The molecule has 4 heteroatoms. The SMILES string of the molecule is CCC1CN(N)CCN1CC.CS. The van der Waals surface area contributed by atoms with Crippen molar-refractivity contribution in [1.29, 1.82) is 0 Å². The number of nitrogens with two attached hydrogens (primary N) is 1. The fraction of sp³-hybridized carbons (Fsp3) is 1.00. The standard InChI is InChI=1S/C8H19N3.CH4S/c1-3-8-7-11(9)6-5-10(8)4-2;1-2/h8H,3-7,9H2,1-2H3;2H,1H3. The molecular formula is C9H23N3S. The van der Waals surface area contributed by atoms with Crippen molar-refractivity contribution in [3.05, 3.63) is 0 Å². The summed E-state index contributed by atoms with van der Waals surface area (Å²) in [5.41, 5.74) is 0. The van der Waals surface area contributed by atoms with Gasteiger partial charge in [-0.25, -0.2) is 5.01 Å². The Kier molecular flexibility index (Phi) is 7.75. The number of rotatable bonds is 2. The van der Waals surface area contributed by atoms with Gasteiger partial charge in [0.2, 0.25) is 0 Å². The molecule has 1 fully saturated rings. The fourth-order valence-electron chi connectivity index (χ4n) is 1.72. The van der Waals surface area contributed by atoms with Crippen LogP contribution in [0.5, 0.6) is 0 Å². The normalized spacial score (nSPS) is 25.2. The van der Waals surface area contributed by atoms with Crippen LogP contribution in [0.2, 0.25) is 0 Å². The van der Waals surface area contributed by atoms with Crippen molar-refractivity contribution in [2.75, 3.05) is 32.4 Å². The maximum atomic E-state index is 5.72. The highest BCUT2D eigenvalue weighted by atomic mass is 32.1. The number of thiol groups is 1. The Bertz CT molecular complexity index is 121. The molecule has 0 radical (unpaired) electrons. The highest BCUT2D eigenvalue weighted by Gasteiger charge is 2.21. The first kappa shape index (κ1) is 13.2. The lowest BCUT2D eigenvalue weighted by molar-refractivity contribution is 0.0769. The molecular weight excluding hydrogens is 182 g/mol. The van der Waals surface area contributed by atoms with Crippen LogP contribution in [-0.4, -0.2) is 48.4 Å². The van der Waals surface area contributed by atoms with E-state index in [1.54, 1.807) is 6.26 Å². The lowest BCUT2D eigenvalue weighted by Crippen LogP contribution is -2.54. The Morgan fingerprint density at radius 3 is 2.38 bits per heavy atom. The molecule has 1 rings (SSSR count). The second-order valence-corrected chi connectivity index (χ2v) is 3.19. The van der Waals surface area contributed by atoms with E-state index in [2.05, 4.69) is 31.4 Å². The molecule has 1 unspecified atom stereocenters. The van der Waals surface area contributed by atoms with Gasteiger partial charge in [-0.2, -0.15) is 12.6 Å². The van der Waals surface area contributed by atoms with Gasteiger partial charge in [0, 0.05) is 25.7 Å². The summed E-state index contributed by atoms with van der Waals surface area (Å²) in [6.45, 7) is 8.79. The minimum absolute atomic E-state index is 0.679. The van der Waals surface area contributed by atoms with Crippen molar-refractivity contribution in [2.45, 2.75) is 26.3 Å². The van der Waals surface area contributed by atoms with Crippen LogP contribution in [0.3, 0.4) is 0 Å². The van der Waals surface area contributed by atoms with Gasteiger partial charge in [0.05, 0.1) is 0 Å². The molecule has 0 aliphatic carbocycles. The molecule has 1 aliphatic heterocycles. The Balaban J connectivity index is 0.000000671. The van der Waals surface area contributed by atoms with E-state index in [0.29, 0.717) is 6.04 Å². The van der Waals surface area contributed by atoms with Gasteiger partial charge in [-0.15, -0.1) is 0 Å². The third-order valence-corrected chi connectivity index (χ3v) is 2.51. The fourth-order valence-corrected chi connectivity index (χ4v) is 1.72. The monoisotopic (exact) mass is 205 g/mol. The second-order valence-electron chi connectivity index (χ2n) is 3.19. The average Bonchev–Trinajstić information content (AvgIpc) is 2.20. The quantitative estimate of drug-likeness (QED) is 0.517. The summed E-state index contributed by atoms with van der Waals surface area (Å²) in [4.78, 5) is 2.50. The van der Waals surface area contributed by atoms with Gasteiger partial charge in [-0.1, -0.05) is 13.8 Å². The zero-order valence-electron chi connectivity index (χ0n) is 9.03. The molecule has 2 N–H and O–H groups in total. The number of likely N-dealkylation sites (N-methyl/N-ethyl adjacent to an activating group) is 1. The lowest BCUT2D eigenvalue weighted by Gasteiger charge is -2.38. The number of piperazine rings is 1. The van der Waals surface area contributed by atoms with Gasteiger partial charge in [0.1, 0.15) is 0 Å². The molecule has 0 amide bonds. The first-order chi connectivity index (χ1) is 6.27. The first-order valence-corrected chi connectivity index (χ1v) is 5.85. The summed E-state index contributed by atoms with van der Waals surface area (Å²) < 4.78 is 0. The van der Waals surface area contributed by atoms with E-state index in [4.69, 9.17) is 5.84 Å². The van der Waals surface area contributed by atoms with E-state index in [1.165, 1.54) is 6.42 Å². The molecule has 13 heavy (non-hydrogen) atoms. The summed E-state index contributed by atoms with van der Waals surface area (Å²) in [5.74, 6) is 5.72. The molecule has 0 aromatic carbocycles. The number of hydrogen-bond acceptors (Lipinski definition) is 4. The Hall–Kier alpha value is 0.230. The largest absolute Gasteiger partial charge is 0.298 e. The topological polar surface area (TPSA) is 32.5 Å². The zero-order valence-corrected chi connectivity index (χ0v) is 9.93. The summed E-state index contributed by atoms with van der Waals surface area (Å²) in [7, 11) is 0. The number of nitrogens with zero attached hydrogens (tertiary/aromatic N) is 2. The number of hydrogen-bond donors (Lipinski definition) is 2. The van der Waals surface area contributed by atoms with Crippen molar-refractivity contribution >= 4 is 12.6 Å². The molecule has 1 heterocycles. The van der Waals surface area contributed by atoms with Crippen molar-refractivity contribution in [2.24, 2.45) is 5.84 Å². The maximum absolute atomic E-state index is 5.72. The molecule has 1 aliphatic rings. The Morgan fingerprint density at radius 1 is 1.31 bits per heavy atom. The van der Waals surface area contributed by atoms with Crippen LogP contribution in [0.25, 0.3) is 0 Å². The van der Waals surface area contributed by atoms with Crippen molar-refractivity contribution in [3.8, 4) is 0 Å². The van der Waals surface area contributed by atoms with Crippen LogP contribution < -0.4 is 5.84 Å². The third-order valence-electron chi connectivity index (χ3n) is 2.51. The average molecular weight is 205 g/mol. The van der Waals surface area contributed by atoms with E-state index < -0.39 is 0 Å². The molecule has 1 saturated heterocycles. The van der Waals surface area contributed by atoms with Crippen LogP contribution in [0, 0.1) is 0 Å². The zero-order chi connectivity index (χ0) is 10.3. The van der Waals surface area contributed by atoms with E-state index in [-0.39, 0.29) is 0 Å². The van der Waals surface area contributed by atoms with Gasteiger partial charge in [0.15, 0.2) is 0 Å². The van der Waals surface area contributed by atoms with Gasteiger partial charge >= 0.3 is 0 Å². The molecule has 0 aromatic heterocycles. The molecule has 0 aromatic rings. The smallest absolute Gasteiger partial charge is 0.0285 e. The third kappa shape index (κ3) is 4.31. The highest BCUT2D eigenvalue weighted by Crippen LogP contribution is 2.09. The summed E-state index contributed by atoms with van der Waals surface area (Å²) in [6.07, 6.45) is 2.90. The molecule has 0 bridgehead atoms. The number of hydrazine groups is 1. The predicted molar refractivity (Wildman–Crippen MR) is 62.0 cm³/mol. The van der Waals surface area contributed by atoms with Crippen LogP contribution in [-0.2, 0) is 0 Å². The maximum Gasteiger partial charge on any atom is 0.0285 e. The Morgan fingerprint density at radius 2 is 1.92 bits per heavy atom. The van der Waals surface area contributed by atoms with Gasteiger partial charge in [-0.05, 0) is 19.2 Å². The van der Waals surface area contributed by atoms with Crippen LogP contribution >= 0.6 is 12.6 Å². The van der Waals surface area contributed by atoms with Gasteiger partial charge in [-0.3, -0.25) is 10.7 Å². The summed E-state index contributed by atoms with van der Waals surface area (Å²) >= 11 is 3.53. The van der Waals surface area contributed by atoms with Gasteiger partial charge < -0.3 is 0 Å². The molecule has 1 atom stereocenters.